The Morgan fingerprint density at radius 2 is 1.56 bits per heavy atom. The summed E-state index contributed by atoms with van der Waals surface area (Å²) in [5.74, 6) is -1.18. The molecule has 8 nitrogen and oxygen atoms in total. The summed E-state index contributed by atoms with van der Waals surface area (Å²) in [4.78, 5) is 46.5. The minimum absolute atomic E-state index is 0.00483. The van der Waals surface area contributed by atoms with Gasteiger partial charge in [-0.2, -0.15) is 0 Å². The van der Waals surface area contributed by atoms with Gasteiger partial charge in [0.05, 0.1) is 22.5 Å². The van der Waals surface area contributed by atoms with Crippen molar-refractivity contribution >= 4 is 28.6 Å². The number of fused-ring (bicyclic) bond motifs is 1. The predicted molar refractivity (Wildman–Crippen MR) is 129 cm³/mol. The van der Waals surface area contributed by atoms with E-state index < -0.39 is 17.9 Å². The zero-order valence-corrected chi connectivity index (χ0v) is 18.5. The summed E-state index contributed by atoms with van der Waals surface area (Å²) < 4.78 is 0. The van der Waals surface area contributed by atoms with E-state index in [1.165, 1.54) is 0 Å². The summed E-state index contributed by atoms with van der Waals surface area (Å²) in [7, 11) is 0. The highest BCUT2D eigenvalue weighted by Crippen LogP contribution is 2.23. The number of pyridine rings is 2. The van der Waals surface area contributed by atoms with Gasteiger partial charge in [-0.1, -0.05) is 42.5 Å². The molecule has 8 heteroatoms. The van der Waals surface area contributed by atoms with Gasteiger partial charge < -0.3 is 5.32 Å². The summed E-state index contributed by atoms with van der Waals surface area (Å²) in [5.41, 5.74) is 7.57. The number of carbonyl (C=O) groups is 3. The highest BCUT2D eigenvalue weighted by molar-refractivity contribution is 6.07. The van der Waals surface area contributed by atoms with Gasteiger partial charge in [-0.3, -0.25) is 30.2 Å². The normalized spacial score (nSPS) is 11.4. The van der Waals surface area contributed by atoms with Gasteiger partial charge in [-0.05, 0) is 43.3 Å². The lowest BCUT2D eigenvalue weighted by Crippen LogP contribution is -2.44. The van der Waals surface area contributed by atoms with Gasteiger partial charge >= 0.3 is 0 Å². The van der Waals surface area contributed by atoms with Gasteiger partial charge in [0.25, 0.3) is 11.8 Å². The lowest BCUT2D eigenvalue weighted by molar-refractivity contribution is -0.122. The van der Waals surface area contributed by atoms with Gasteiger partial charge in [0, 0.05) is 29.6 Å². The Morgan fingerprint density at radius 1 is 0.824 bits per heavy atom. The summed E-state index contributed by atoms with van der Waals surface area (Å²) in [6.07, 6.45) is 1.65. The second-order valence-electron chi connectivity index (χ2n) is 7.73. The number of carbonyl (C=O) groups excluding carboxylic acids is 3. The minimum atomic E-state index is -0.481. The summed E-state index contributed by atoms with van der Waals surface area (Å²) >= 11 is 0. The van der Waals surface area contributed by atoms with E-state index >= 15 is 0 Å². The fourth-order valence-electron chi connectivity index (χ4n) is 3.48. The molecular weight excluding hydrogens is 430 g/mol. The van der Waals surface area contributed by atoms with Gasteiger partial charge in [-0.25, -0.2) is 4.98 Å². The lowest BCUT2D eigenvalue weighted by Gasteiger charge is -2.15. The summed E-state index contributed by atoms with van der Waals surface area (Å²) in [6.45, 7) is 1.72. The molecule has 2 aromatic heterocycles. The van der Waals surface area contributed by atoms with Crippen molar-refractivity contribution in [1.29, 1.82) is 0 Å². The van der Waals surface area contributed by atoms with E-state index in [1.807, 2.05) is 36.4 Å². The molecule has 1 unspecified atom stereocenters. The van der Waals surface area contributed by atoms with Crippen LogP contribution >= 0.6 is 0 Å². The predicted octanol–water partition coefficient (Wildman–Crippen LogP) is 3.27. The maximum absolute atomic E-state index is 13.0. The Bertz CT molecular complexity index is 1330. The van der Waals surface area contributed by atoms with Gasteiger partial charge in [0.2, 0.25) is 5.91 Å². The van der Waals surface area contributed by atoms with E-state index in [2.05, 4.69) is 26.1 Å². The minimum Gasteiger partial charge on any atom is -0.349 e. The molecule has 0 fully saturated rings. The first-order valence-electron chi connectivity index (χ1n) is 10.8. The molecule has 170 valence electrons. The number of hydrogen-bond acceptors (Lipinski definition) is 5. The highest BCUT2D eigenvalue weighted by atomic mass is 16.2. The SMILES string of the molecule is CC(CC(=O)NNC(=O)c1cc(-c2ccccn2)nc2ccccc12)NC(=O)c1ccccc1. The quantitative estimate of drug-likeness (QED) is 0.388. The Morgan fingerprint density at radius 3 is 2.32 bits per heavy atom. The average Bonchev–Trinajstić information content (AvgIpc) is 2.87. The standard InChI is InChI=1S/C26H23N5O3/c1-17(28-25(33)18-9-3-2-4-10-18)15-24(32)30-31-26(34)20-16-23(22-13-7-8-14-27-22)29-21-12-6-5-11-19(20)21/h2-14,16-17H,15H2,1H3,(H,28,33)(H,30,32)(H,31,34). The summed E-state index contributed by atoms with van der Waals surface area (Å²) in [6, 6.07) is 22.7. The number of aromatic nitrogens is 2. The van der Waals surface area contributed by atoms with Crippen molar-refractivity contribution in [3.8, 4) is 11.4 Å². The van der Waals surface area contributed by atoms with Crippen molar-refractivity contribution in [3.05, 3.63) is 96.2 Å². The van der Waals surface area contributed by atoms with Crippen molar-refractivity contribution < 1.29 is 14.4 Å². The van der Waals surface area contributed by atoms with Crippen LogP contribution in [0.3, 0.4) is 0 Å². The van der Waals surface area contributed by atoms with E-state index in [0.717, 1.165) is 0 Å². The molecule has 0 aliphatic heterocycles. The second kappa shape index (κ2) is 10.4. The number of rotatable bonds is 6. The van der Waals surface area contributed by atoms with Crippen molar-refractivity contribution in [2.45, 2.75) is 19.4 Å². The molecule has 0 spiro atoms. The smallest absolute Gasteiger partial charge is 0.270 e. The molecule has 2 aromatic carbocycles. The number of benzene rings is 2. The zero-order valence-electron chi connectivity index (χ0n) is 18.5. The first-order chi connectivity index (χ1) is 16.5. The molecule has 0 aliphatic carbocycles. The Balaban J connectivity index is 1.42. The highest BCUT2D eigenvalue weighted by Gasteiger charge is 2.17. The number of amides is 3. The zero-order chi connectivity index (χ0) is 23.9. The lowest BCUT2D eigenvalue weighted by atomic mass is 10.1. The van der Waals surface area contributed by atoms with E-state index in [4.69, 9.17) is 0 Å². The van der Waals surface area contributed by atoms with Crippen LogP contribution in [0.5, 0.6) is 0 Å². The largest absolute Gasteiger partial charge is 0.349 e. The third-order valence-electron chi connectivity index (χ3n) is 5.11. The monoisotopic (exact) mass is 453 g/mol. The molecular formula is C26H23N5O3. The van der Waals surface area contributed by atoms with Crippen LogP contribution in [-0.2, 0) is 4.79 Å². The molecule has 2 heterocycles. The van der Waals surface area contributed by atoms with E-state index in [1.54, 1.807) is 55.6 Å². The van der Waals surface area contributed by atoms with Crippen molar-refractivity contribution in [1.82, 2.24) is 26.1 Å². The number of nitrogens with zero attached hydrogens (tertiary/aromatic N) is 2. The fourth-order valence-corrected chi connectivity index (χ4v) is 3.48. The third kappa shape index (κ3) is 5.42. The number of hydrogen-bond donors (Lipinski definition) is 3. The van der Waals surface area contributed by atoms with Gasteiger partial charge in [-0.15, -0.1) is 0 Å². The molecule has 1 atom stereocenters. The Labute approximate surface area is 196 Å². The first kappa shape index (κ1) is 22.6. The van der Waals surface area contributed by atoms with Crippen LogP contribution in [0, 0.1) is 0 Å². The molecule has 4 rings (SSSR count). The molecule has 0 bridgehead atoms. The van der Waals surface area contributed by atoms with Crippen LogP contribution in [0.15, 0.2) is 85.1 Å². The van der Waals surface area contributed by atoms with Crippen molar-refractivity contribution in [3.63, 3.8) is 0 Å². The maximum Gasteiger partial charge on any atom is 0.270 e. The van der Waals surface area contributed by atoms with E-state index in [9.17, 15) is 14.4 Å². The first-order valence-corrected chi connectivity index (χ1v) is 10.8. The molecule has 3 N–H and O–H groups in total. The third-order valence-corrected chi connectivity index (χ3v) is 5.11. The van der Waals surface area contributed by atoms with Crippen LogP contribution < -0.4 is 16.2 Å². The van der Waals surface area contributed by atoms with Crippen LogP contribution in [0.2, 0.25) is 0 Å². The maximum atomic E-state index is 13.0. The number of para-hydroxylation sites is 1. The fraction of sp³-hybridized carbons (Fsp3) is 0.115. The van der Waals surface area contributed by atoms with E-state index in [0.29, 0.717) is 33.4 Å². The molecule has 3 amide bonds. The van der Waals surface area contributed by atoms with Gasteiger partial charge in [0.1, 0.15) is 0 Å². The molecule has 0 saturated heterocycles. The molecule has 34 heavy (non-hydrogen) atoms. The molecule has 0 radical (unpaired) electrons. The molecule has 4 aromatic rings. The van der Waals surface area contributed by atoms with Crippen molar-refractivity contribution in [2.75, 3.05) is 0 Å². The van der Waals surface area contributed by atoms with Crippen LogP contribution in [0.25, 0.3) is 22.3 Å². The van der Waals surface area contributed by atoms with Crippen LogP contribution in [0.4, 0.5) is 0 Å². The van der Waals surface area contributed by atoms with Crippen molar-refractivity contribution in [2.24, 2.45) is 0 Å². The molecule has 0 aliphatic rings. The average molecular weight is 454 g/mol. The van der Waals surface area contributed by atoms with E-state index in [-0.39, 0.29) is 12.3 Å². The Kier molecular flexibility index (Phi) is 6.88. The summed E-state index contributed by atoms with van der Waals surface area (Å²) in [5, 5.41) is 3.42. The Hall–Kier alpha value is -4.59. The van der Waals surface area contributed by atoms with Gasteiger partial charge in [0.15, 0.2) is 0 Å². The molecule has 0 saturated carbocycles. The number of hydrazine groups is 1. The number of nitrogens with one attached hydrogen (secondary N) is 3. The second-order valence-corrected chi connectivity index (χ2v) is 7.73. The van der Waals surface area contributed by atoms with Crippen LogP contribution in [0.1, 0.15) is 34.1 Å². The topological polar surface area (TPSA) is 113 Å². The van der Waals surface area contributed by atoms with Crippen LogP contribution in [-0.4, -0.2) is 33.7 Å².